The first-order valence-corrected chi connectivity index (χ1v) is 10.5. The van der Waals surface area contributed by atoms with E-state index in [0.717, 1.165) is 11.1 Å². The number of pyridine rings is 1. The van der Waals surface area contributed by atoms with Crippen LogP contribution in [0.3, 0.4) is 0 Å². The van der Waals surface area contributed by atoms with E-state index in [0.29, 0.717) is 39.1 Å². The minimum atomic E-state index is -0.569. The van der Waals surface area contributed by atoms with Gasteiger partial charge in [0.25, 0.3) is 0 Å². The molecule has 0 bridgehead atoms. The lowest BCUT2D eigenvalue weighted by atomic mass is 10.2. The van der Waals surface area contributed by atoms with E-state index >= 15 is 0 Å². The van der Waals surface area contributed by atoms with Gasteiger partial charge >= 0.3 is 0 Å². The lowest BCUT2D eigenvalue weighted by Crippen LogP contribution is -2.48. The number of nitrogens with one attached hydrogen (secondary N) is 1. The number of carbonyl (C=O) groups is 3. The number of hydrogen-bond acceptors (Lipinski definition) is 5. The highest BCUT2D eigenvalue weighted by molar-refractivity contribution is 5.93. The minimum Gasteiger partial charge on any atom is -0.370 e. The van der Waals surface area contributed by atoms with Gasteiger partial charge in [0.15, 0.2) is 0 Å². The summed E-state index contributed by atoms with van der Waals surface area (Å²) in [6, 6.07) is 13.0. The Hall–Kier alpha value is -3.26. The molecule has 1 aromatic heterocycles. The molecule has 31 heavy (non-hydrogen) atoms. The van der Waals surface area contributed by atoms with E-state index in [1.807, 2.05) is 42.5 Å². The van der Waals surface area contributed by atoms with Crippen molar-refractivity contribution in [1.29, 1.82) is 0 Å². The Morgan fingerprint density at radius 3 is 2.61 bits per heavy atom. The standard InChI is InChI=1S/C23H26N4O4/c28-21-9-8-20(25-21)23(30)27-14-19(31-16-17-5-2-1-3-6-17)13-26(22(29)15-27)12-18-7-4-10-24-11-18/h1-7,10-11,19-20H,8-9,12-16H2,(H,25,28)/t19-,20+/m1/s1. The van der Waals surface area contributed by atoms with Gasteiger partial charge in [-0.15, -0.1) is 0 Å². The monoisotopic (exact) mass is 422 g/mol. The molecule has 0 saturated carbocycles. The van der Waals surface area contributed by atoms with Gasteiger partial charge in [-0.05, 0) is 23.6 Å². The Morgan fingerprint density at radius 1 is 1.10 bits per heavy atom. The zero-order valence-corrected chi connectivity index (χ0v) is 17.3. The van der Waals surface area contributed by atoms with Crippen LogP contribution in [0, 0.1) is 0 Å². The normalized spacial score (nSPS) is 21.7. The third kappa shape index (κ3) is 5.46. The van der Waals surface area contributed by atoms with Crippen LogP contribution in [0.2, 0.25) is 0 Å². The van der Waals surface area contributed by atoms with Crippen LogP contribution < -0.4 is 5.32 Å². The van der Waals surface area contributed by atoms with Crippen LogP contribution in [-0.2, 0) is 32.3 Å². The van der Waals surface area contributed by atoms with Crippen LogP contribution in [0.15, 0.2) is 54.9 Å². The van der Waals surface area contributed by atoms with E-state index in [1.54, 1.807) is 17.3 Å². The topological polar surface area (TPSA) is 91.8 Å². The second kappa shape index (κ2) is 9.70. The molecule has 1 aromatic carbocycles. The van der Waals surface area contributed by atoms with Crippen molar-refractivity contribution in [1.82, 2.24) is 20.1 Å². The molecule has 0 aliphatic carbocycles. The van der Waals surface area contributed by atoms with Crippen molar-refractivity contribution in [3.63, 3.8) is 0 Å². The predicted octanol–water partition coefficient (Wildman–Crippen LogP) is 1.12. The lowest BCUT2D eigenvalue weighted by Gasteiger charge is -2.26. The molecule has 2 saturated heterocycles. The first-order valence-electron chi connectivity index (χ1n) is 10.5. The van der Waals surface area contributed by atoms with Crippen LogP contribution in [0.5, 0.6) is 0 Å². The molecular formula is C23H26N4O4. The molecule has 0 spiro atoms. The van der Waals surface area contributed by atoms with Crippen molar-refractivity contribution in [3.05, 3.63) is 66.0 Å². The quantitative estimate of drug-likeness (QED) is 0.753. The van der Waals surface area contributed by atoms with E-state index in [-0.39, 0.29) is 30.4 Å². The maximum atomic E-state index is 13.0. The Balaban J connectivity index is 1.49. The summed E-state index contributed by atoms with van der Waals surface area (Å²) >= 11 is 0. The van der Waals surface area contributed by atoms with E-state index < -0.39 is 6.04 Å². The number of carbonyl (C=O) groups excluding carboxylic acids is 3. The number of nitrogens with zero attached hydrogens (tertiary/aromatic N) is 3. The molecule has 2 aromatic rings. The van der Waals surface area contributed by atoms with Crippen molar-refractivity contribution < 1.29 is 19.1 Å². The summed E-state index contributed by atoms with van der Waals surface area (Å²) < 4.78 is 6.14. The van der Waals surface area contributed by atoms with E-state index in [9.17, 15) is 14.4 Å². The molecular weight excluding hydrogens is 396 g/mol. The van der Waals surface area contributed by atoms with Crippen LogP contribution >= 0.6 is 0 Å². The molecule has 3 amide bonds. The van der Waals surface area contributed by atoms with Gasteiger partial charge in [-0.1, -0.05) is 36.4 Å². The zero-order chi connectivity index (χ0) is 21.6. The van der Waals surface area contributed by atoms with Crippen molar-refractivity contribution in [2.45, 2.75) is 38.1 Å². The predicted molar refractivity (Wildman–Crippen MR) is 112 cm³/mol. The Morgan fingerprint density at radius 2 is 1.90 bits per heavy atom. The van der Waals surface area contributed by atoms with E-state index in [4.69, 9.17) is 4.74 Å². The van der Waals surface area contributed by atoms with Gasteiger partial charge in [-0.25, -0.2) is 0 Å². The highest BCUT2D eigenvalue weighted by atomic mass is 16.5. The molecule has 162 valence electrons. The van der Waals surface area contributed by atoms with Crippen LogP contribution in [0.25, 0.3) is 0 Å². The molecule has 2 atom stereocenters. The summed E-state index contributed by atoms with van der Waals surface area (Å²) in [5.41, 5.74) is 1.94. The second-order valence-electron chi connectivity index (χ2n) is 7.93. The molecule has 3 heterocycles. The van der Waals surface area contributed by atoms with Crippen molar-refractivity contribution in [2.24, 2.45) is 0 Å². The van der Waals surface area contributed by atoms with Crippen LogP contribution in [0.1, 0.15) is 24.0 Å². The summed E-state index contributed by atoms with van der Waals surface area (Å²) in [6.07, 6.45) is 3.87. The van der Waals surface area contributed by atoms with Crippen molar-refractivity contribution in [2.75, 3.05) is 19.6 Å². The summed E-state index contributed by atoms with van der Waals surface area (Å²) in [4.78, 5) is 44.9. The fraction of sp³-hybridized carbons (Fsp3) is 0.391. The number of aromatic nitrogens is 1. The van der Waals surface area contributed by atoms with Crippen molar-refractivity contribution in [3.8, 4) is 0 Å². The minimum absolute atomic E-state index is 0.0311. The average Bonchev–Trinajstić information content (AvgIpc) is 3.16. The fourth-order valence-electron chi connectivity index (χ4n) is 3.93. The zero-order valence-electron chi connectivity index (χ0n) is 17.3. The molecule has 0 radical (unpaired) electrons. The Labute approximate surface area is 181 Å². The van der Waals surface area contributed by atoms with Gasteiger partial charge in [0.2, 0.25) is 17.7 Å². The molecule has 2 aliphatic rings. The van der Waals surface area contributed by atoms with Crippen molar-refractivity contribution >= 4 is 17.7 Å². The number of amides is 3. The van der Waals surface area contributed by atoms with E-state index in [1.165, 1.54) is 4.90 Å². The smallest absolute Gasteiger partial charge is 0.245 e. The summed E-state index contributed by atoms with van der Waals surface area (Å²) in [6.45, 7) is 1.44. The third-order valence-electron chi connectivity index (χ3n) is 5.56. The summed E-state index contributed by atoms with van der Waals surface area (Å²) in [5.74, 6) is -0.502. The number of hydrogen-bond donors (Lipinski definition) is 1. The first-order chi connectivity index (χ1) is 15.1. The lowest BCUT2D eigenvalue weighted by molar-refractivity contribution is -0.140. The molecule has 1 N–H and O–H groups in total. The van der Waals surface area contributed by atoms with Gasteiger partial charge in [-0.3, -0.25) is 19.4 Å². The molecule has 2 fully saturated rings. The number of ether oxygens (including phenoxy) is 1. The third-order valence-corrected chi connectivity index (χ3v) is 5.56. The molecule has 2 aliphatic heterocycles. The summed E-state index contributed by atoms with van der Waals surface area (Å²) in [7, 11) is 0. The Bertz CT molecular complexity index is 922. The van der Waals surface area contributed by atoms with Gasteiger partial charge < -0.3 is 19.9 Å². The largest absolute Gasteiger partial charge is 0.370 e. The van der Waals surface area contributed by atoms with Gasteiger partial charge in [0.1, 0.15) is 6.04 Å². The van der Waals surface area contributed by atoms with Gasteiger partial charge in [0, 0.05) is 38.4 Å². The number of benzene rings is 1. The maximum absolute atomic E-state index is 13.0. The highest BCUT2D eigenvalue weighted by Gasteiger charge is 2.36. The molecule has 8 nitrogen and oxygen atoms in total. The average molecular weight is 422 g/mol. The van der Waals surface area contributed by atoms with Crippen LogP contribution in [0.4, 0.5) is 0 Å². The highest BCUT2D eigenvalue weighted by Crippen LogP contribution is 2.17. The molecule has 4 rings (SSSR count). The Kier molecular flexibility index (Phi) is 6.57. The van der Waals surface area contributed by atoms with Gasteiger partial charge in [-0.2, -0.15) is 0 Å². The maximum Gasteiger partial charge on any atom is 0.245 e. The first kappa shape index (κ1) is 21.0. The molecule has 8 heteroatoms. The van der Waals surface area contributed by atoms with Gasteiger partial charge in [0.05, 0.1) is 19.3 Å². The summed E-state index contributed by atoms with van der Waals surface area (Å²) in [5, 5.41) is 2.71. The fourth-order valence-corrected chi connectivity index (χ4v) is 3.93. The molecule has 0 unspecified atom stereocenters. The second-order valence-corrected chi connectivity index (χ2v) is 7.93. The van der Waals surface area contributed by atoms with E-state index in [2.05, 4.69) is 10.3 Å². The number of rotatable bonds is 6. The van der Waals surface area contributed by atoms with Crippen LogP contribution in [-0.4, -0.2) is 64.3 Å². The SMILES string of the molecule is O=C1CC[C@@H](C(=O)N2CC(=O)N(Cc3cccnc3)C[C@@H](OCc3ccccc3)C2)N1.